The number of carbonyl (C=O) groups is 2. The van der Waals surface area contributed by atoms with Gasteiger partial charge in [-0.15, -0.1) is 11.3 Å². The Hall–Kier alpha value is -1.66. The Morgan fingerprint density at radius 3 is 2.90 bits per heavy atom. The molecule has 0 atom stereocenters. The van der Waals surface area contributed by atoms with Crippen molar-refractivity contribution in [1.82, 2.24) is 4.90 Å². The number of ether oxygens (including phenoxy) is 1. The molecule has 5 nitrogen and oxygen atoms in total. The van der Waals surface area contributed by atoms with Crippen LogP contribution in [0.25, 0.3) is 6.08 Å². The lowest BCUT2D eigenvalue weighted by Crippen LogP contribution is -2.26. The van der Waals surface area contributed by atoms with Crippen molar-refractivity contribution in [3.63, 3.8) is 0 Å². The van der Waals surface area contributed by atoms with Gasteiger partial charge in [-0.3, -0.25) is 4.79 Å². The molecule has 6 heteroatoms. The molecule has 0 saturated carbocycles. The highest BCUT2D eigenvalue weighted by atomic mass is 32.1. The van der Waals surface area contributed by atoms with Crippen molar-refractivity contribution < 1.29 is 19.4 Å². The molecule has 1 aromatic heterocycles. The van der Waals surface area contributed by atoms with Crippen molar-refractivity contribution >= 4 is 29.3 Å². The number of aliphatic carboxylic acids is 1. The highest BCUT2D eigenvalue weighted by Crippen LogP contribution is 2.17. The Labute approximate surface area is 122 Å². The van der Waals surface area contributed by atoms with Gasteiger partial charge >= 0.3 is 5.97 Å². The van der Waals surface area contributed by atoms with Gasteiger partial charge in [0.15, 0.2) is 0 Å². The molecule has 0 aliphatic rings. The Morgan fingerprint density at radius 1 is 1.50 bits per heavy atom. The molecular formula is C14H19NO4S. The van der Waals surface area contributed by atoms with Crippen LogP contribution in [0.4, 0.5) is 0 Å². The minimum atomic E-state index is -0.969. The Bertz CT molecular complexity index is 481. The van der Waals surface area contributed by atoms with Gasteiger partial charge in [0.1, 0.15) is 0 Å². The van der Waals surface area contributed by atoms with E-state index in [1.807, 2.05) is 18.4 Å². The fourth-order valence-corrected chi connectivity index (χ4v) is 2.37. The standard InChI is InChI=1S/C14H19NO4S/c1-3-19-7-6-13(16)15(2)9-11-8-12(20-10-11)4-5-14(17)18/h4-5,8,10H,3,6-7,9H2,1-2H3,(H,17,18). The van der Waals surface area contributed by atoms with Crippen molar-refractivity contribution in [3.8, 4) is 0 Å². The fourth-order valence-electron chi connectivity index (χ4n) is 1.57. The highest BCUT2D eigenvalue weighted by Gasteiger charge is 2.09. The van der Waals surface area contributed by atoms with Crippen LogP contribution in [0.1, 0.15) is 23.8 Å². The van der Waals surface area contributed by atoms with Gasteiger partial charge in [0.25, 0.3) is 0 Å². The third kappa shape index (κ3) is 5.99. The molecule has 1 amide bonds. The molecule has 0 unspecified atom stereocenters. The van der Waals surface area contributed by atoms with Crippen molar-refractivity contribution in [2.45, 2.75) is 19.9 Å². The van der Waals surface area contributed by atoms with Crippen LogP contribution in [0.2, 0.25) is 0 Å². The molecule has 1 rings (SSSR count). The minimum absolute atomic E-state index is 0.0345. The van der Waals surface area contributed by atoms with Gasteiger partial charge in [0.05, 0.1) is 13.0 Å². The normalized spacial score (nSPS) is 10.9. The Balaban J connectivity index is 2.47. The van der Waals surface area contributed by atoms with Crippen LogP contribution in [0.3, 0.4) is 0 Å². The summed E-state index contributed by atoms with van der Waals surface area (Å²) in [4.78, 5) is 24.7. The highest BCUT2D eigenvalue weighted by molar-refractivity contribution is 7.11. The summed E-state index contributed by atoms with van der Waals surface area (Å²) >= 11 is 1.45. The summed E-state index contributed by atoms with van der Waals surface area (Å²) in [7, 11) is 1.75. The number of hydrogen-bond donors (Lipinski definition) is 1. The summed E-state index contributed by atoms with van der Waals surface area (Å²) in [5.41, 5.74) is 0.993. The summed E-state index contributed by atoms with van der Waals surface area (Å²) < 4.78 is 5.15. The first-order valence-electron chi connectivity index (χ1n) is 6.33. The van der Waals surface area contributed by atoms with E-state index in [0.29, 0.717) is 26.2 Å². The molecule has 110 valence electrons. The summed E-state index contributed by atoms with van der Waals surface area (Å²) in [6.07, 6.45) is 3.03. The number of hydrogen-bond acceptors (Lipinski definition) is 4. The van der Waals surface area contributed by atoms with E-state index in [2.05, 4.69) is 0 Å². The average molecular weight is 297 g/mol. The summed E-state index contributed by atoms with van der Waals surface area (Å²) in [6.45, 7) is 3.46. The number of thiophene rings is 1. The van der Waals surface area contributed by atoms with Gasteiger partial charge in [-0.1, -0.05) is 0 Å². The molecule has 0 radical (unpaired) electrons. The quantitative estimate of drug-likeness (QED) is 0.590. The third-order valence-corrected chi connectivity index (χ3v) is 3.52. The molecular weight excluding hydrogens is 278 g/mol. The summed E-state index contributed by atoms with van der Waals surface area (Å²) in [5.74, 6) is -0.935. The Kier molecular flexibility index (Phi) is 6.97. The van der Waals surface area contributed by atoms with E-state index in [1.165, 1.54) is 11.3 Å². The van der Waals surface area contributed by atoms with Crippen LogP contribution in [-0.2, 0) is 20.9 Å². The van der Waals surface area contributed by atoms with Crippen molar-refractivity contribution in [1.29, 1.82) is 0 Å². The van der Waals surface area contributed by atoms with E-state index >= 15 is 0 Å². The van der Waals surface area contributed by atoms with Crippen molar-refractivity contribution in [2.75, 3.05) is 20.3 Å². The zero-order chi connectivity index (χ0) is 15.0. The maximum Gasteiger partial charge on any atom is 0.328 e. The molecule has 1 N–H and O–H groups in total. The van der Waals surface area contributed by atoms with Gasteiger partial charge in [-0.25, -0.2) is 4.79 Å². The van der Waals surface area contributed by atoms with Crippen LogP contribution in [0.15, 0.2) is 17.5 Å². The van der Waals surface area contributed by atoms with E-state index in [1.54, 1.807) is 18.0 Å². The molecule has 1 aromatic rings. The number of carboxylic acids is 1. The molecule has 0 fully saturated rings. The Morgan fingerprint density at radius 2 is 2.25 bits per heavy atom. The second-order valence-corrected chi connectivity index (χ2v) is 5.17. The average Bonchev–Trinajstić information content (AvgIpc) is 2.84. The van der Waals surface area contributed by atoms with Crippen LogP contribution in [-0.4, -0.2) is 42.1 Å². The zero-order valence-electron chi connectivity index (χ0n) is 11.7. The molecule has 0 bridgehead atoms. The molecule has 0 aliphatic carbocycles. The number of nitrogens with zero attached hydrogens (tertiary/aromatic N) is 1. The van der Waals surface area contributed by atoms with Crippen molar-refractivity contribution in [3.05, 3.63) is 28.0 Å². The SMILES string of the molecule is CCOCCC(=O)N(C)Cc1csc(C=CC(=O)O)c1. The number of amides is 1. The lowest BCUT2D eigenvalue weighted by atomic mass is 10.2. The number of carboxylic acid groups (broad SMARTS) is 1. The van der Waals surface area contributed by atoms with E-state index in [4.69, 9.17) is 9.84 Å². The minimum Gasteiger partial charge on any atom is -0.478 e. The lowest BCUT2D eigenvalue weighted by molar-refractivity contribution is -0.132. The van der Waals surface area contributed by atoms with E-state index in [-0.39, 0.29) is 5.91 Å². The van der Waals surface area contributed by atoms with E-state index in [9.17, 15) is 9.59 Å². The molecule has 0 aliphatic heterocycles. The molecule has 0 aromatic carbocycles. The summed E-state index contributed by atoms with van der Waals surface area (Å²) in [5, 5.41) is 10.5. The van der Waals surface area contributed by atoms with Gasteiger partial charge in [0.2, 0.25) is 5.91 Å². The monoisotopic (exact) mass is 297 g/mol. The maximum atomic E-state index is 11.8. The lowest BCUT2D eigenvalue weighted by Gasteiger charge is -2.16. The van der Waals surface area contributed by atoms with Gasteiger partial charge in [-0.2, -0.15) is 0 Å². The maximum absolute atomic E-state index is 11.8. The van der Waals surface area contributed by atoms with Crippen molar-refractivity contribution in [2.24, 2.45) is 0 Å². The van der Waals surface area contributed by atoms with E-state index in [0.717, 1.165) is 16.5 Å². The molecule has 0 spiro atoms. The van der Waals surface area contributed by atoms with Crippen LogP contribution < -0.4 is 0 Å². The summed E-state index contributed by atoms with van der Waals surface area (Å²) in [6, 6.07) is 1.89. The van der Waals surface area contributed by atoms with Crippen LogP contribution in [0.5, 0.6) is 0 Å². The predicted octanol–water partition coefficient (Wildman–Crippen LogP) is 2.23. The number of carbonyl (C=O) groups excluding carboxylic acids is 1. The van der Waals surface area contributed by atoms with Crippen LogP contribution >= 0.6 is 11.3 Å². The smallest absolute Gasteiger partial charge is 0.328 e. The zero-order valence-corrected chi connectivity index (χ0v) is 12.5. The van der Waals surface area contributed by atoms with E-state index < -0.39 is 5.97 Å². The second-order valence-electron chi connectivity index (χ2n) is 4.23. The first kappa shape index (κ1) is 16.4. The number of rotatable bonds is 8. The van der Waals surface area contributed by atoms with Gasteiger partial charge in [0, 0.05) is 31.2 Å². The van der Waals surface area contributed by atoms with Gasteiger partial charge < -0.3 is 14.7 Å². The predicted molar refractivity (Wildman–Crippen MR) is 78.6 cm³/mol. The third-order valence-electron chi connectivity index (χ3n) is 2.57. The molecule has 1 heterocycles. The molecule has 20 heavy (non-hydrogen) atoms. The topological polar surface area (TPSA) is 66.8 Å². The first-order valence-corrected chi connectivity index (χ1v) is 7.21. The largest absolute Gasteiger partial charge is 0.478 e. The first-order chi connectivity index (χ1) is 9.52. The molecule has 0 saturated heterocycles. The second kappa shape index (κ2) is 8.50. The fraction of sp³-hybridized carbons (Fsp3) is 0.429. The van der Waals surface area contributed by atoms with Crippen LogP contribution in [0, 0.1) is 0 Å². The van der Waals surface area contributed by atoms with Gasteiger partial charge in [-0.05, 0) is 30.0 Å².